The molecule has 108 valence electrons. The largest absolute Gasteiger partial charge is 0.486 e. The molecule has 1 aliphatic rings. The van der Waals surface area contributed by atoms with Crippen molar-refractivity contribution < 1.29 is 24.2 Å². The topological polar surface area (TPSA) is 84.9 Å². The fourth-order valence-corrected chi connectivity index (χ4v) is 1.95. The van der Waals surface area contributed by atoms with E-state index >= 15 is 0 Å². The van der Waals surface area contributed by atoms with Gasteiger partial charge in [0.2, 0.25) is 5.91 Å². The fraction of sp³-hybridized carbons (Fsp3) is 0.429. The first-order valence-electron chi connectivity index (χ1n) is 6.57. The van der Waals surface area contributed by atoms with Gasteiger partial charge in [0.15, 0.2) is 11.5 Å². The Morgan fingerprint density at radius 1 is 1.15 bits per heavy atom. The number of fused-ring (bicyclic) bond motifs is 1. The number of hydrogen-bond acceptors (Lipinski definition) is 4. The third-order valence-electron chi connectivity index (χ3n) is 2.88. The molecule has 0 bridgehead atoms. The van der Waals surface area contributed by atoms with Crippen LogP contribution in [0, 0.1) is 0 Å². The predicted molar refractivity (Wildman–Crippen MR) is 72.2 cm³/mol. The number of carbonyl (C=O) groups excluding carboxylic acids is 1. The van der Waals surface area contributed by atoms with Crippen LogP contribution in [-0.4, -0.2) is 30.2 Å². The van der Waals surface area contributed by atoms with Crippen LogP contribution in [0.3, 0.4) is 0 Å². The van der Waals surface area contributed by atoms with Gasteiger partial charge in [-0.05, 0) is 25.0 Å². The molecule has 1 aliphatic heterocycles. The molecular formula is C14H17NO5. The number of rotatable bonds is 6. The number of amides is 1. The Labute approximate surface area is 116 Å². The minimum absolute atomic E-state index is 0.0883. The Balaban J connectivity index is 1.86. The highest BCUT2D eigenvalue weighted by atomic mass is 16.6. The molecule has 2 rings (SSSR count). The van der Waals surface area contributed by atoms with E-state index in [0.29, 0.717) is 43.2 Å². The molecule has 1 aromatic carbocycles. The second-order valence-electron chi connectivity index (χ2n) is 4.48. The summed E-state index contributed by atoms with van der Waals surface area (Å²) in [5, 5.41) is 11.3. The van der Waals surface area contributed by atoms with Gasteiger partial charge in [-0.3, -0.25) is 9.59 Å². The van der Waals surface area contributed by atoms with Crippen LogP contribution in [0.1, 0.15) is 25.7 Å². The SMILES string of the molecule is O=C(O)CCCCC(=O)Nc1cccc2c1OCCO2. The van der Waals surface area contributed by atoms with Crippen LogP contribution in [0.25, 0.3) is 0 Å². The average Bonchev–Trinajstić information content (AvgIpc) is 2.44. The van der Waals surface area contributed by atoms with E-state index in [1.165, 1.54) is 0 Å². The maximum absolute atomic E-state index is 11.8. The molecular weight excluding hydrogens is 262 g/mol. The lowest BCUT2D eigenvalue weighted by Crippen LogP contribution is -2.18. The number of hydrogen-bond donors (Lipinski definition) is 2. The van der Waals surface area contributed by atoms with Gasteiger partial charge in [0.25, 0.3) is 0 Å². The van der Waals surface area contributed by atoms with Gasteiger partial charge in [-0.2, -0.15) is 0 Å². The molecule has 1 amide bonds. The number of ether oxygens (including phenoxy) is 2. The van der Waals surface area contributed by atoms with Gasteiger partial charge in [-0.25, -0.2) is 0 Å². The van der Waals surface area contributed by atoms with Gasteiger partial charge in [-0.1, -0.05) is 6.07 Å². The molecule has 0 spiro atoms. The second kappa shape index (κ2) is 6.79. The summed E-state index contributed by atoms with van der Waals surface area (Å²) in [4.78, 5) is 22.2. The fourth-order valence-electron chi connectivity index (χ4n) is 1.95. The minimum Gasteiger partial charge on any atom is -0.486 e. The normalized spacial score (nSPS) is 12.8. The summed E-state index contributed by atoms with van der Waals surface area (Å²) >= 11 is 0. The maximum atomic E-state index is 11.8. The molecule has 0 aromatic heterocycles. The lowest BCUT2D eigenvalue weighted by molar-refractivity contribution is -0.137. The smallest absolute Gasteiger partial charge is 0.303 e. The number of para-hydroxylation sites is 1. The zero-order chi connectivity index (χ0) is 14.4. The predicted octanol–water partition coefficient (Wildman–Crippen LogP) is 2.04. The Bertz CT molecular complexity index is 500. The average molecular weight is 279 g/mol. The van der Waals surface area contributed by atoms with Gasteiger partial charge in [0.05, 0.1) is 5.69 Å². The van der Waals surface area contributed by atoms with Crippen molar-refractivity contribution in [1.82, 2.24) is 0 Å². The highest BCUT2D eigenvalue weighted by molar-refractivity contribution is 5.92. The van der Waals surface area contributed by atoms with Crippen LogP contribution >= 0.6 is 0 Å². The molecule has 1 heterocycles. The first-order chi connectivity index (χ1) is 9.66. The molecule has 20 heavy (non-hydrogen) atoms. The number of carboxylic acid groups (broad SMARTS) is 1. The summed E-state index contributed by atoms with van der Waals surface area (Å²) in [6.45, 7) is 0.956. The van der Waals surface area contributed by atoms with Crippen molar-refractivity contribution in [2.45, 2.75) is 25.7 Å². The number of benzene rings is 1. The lowest BCUT2D eigenvalue weighted by Gasteiger charge is -2.21. The number of anilines is 1. The lowest BCUT2D eigenvalue weighted by atomic mass is 10.2. The number of aliphatic carboxylic acids is 1. The second-order valence-corrected chi connectivity index (χ2v) is 4.48. The molecule has 6 heteroatoms. The Morgan fingerprint density at radius 2 is 1.90 bits per heavy atom. The van der Waals surface area contributed by atoms with E-state index in [1.54, 1.807) is 18.2 Å². The van der Waals surface area contributed by atoms with Crippen LogP contribution < -0.4 is 14.8 Å². The third kappa shape index (κ3) is 3.88. The number of carboxylic acids is 1. The standard InChI is InChI=1S/C14H17NO5/c16-12(6-1-2-7-13(17)18)15-10-4-3-5-11-14(10)20-9-8-19-11/h3-5H,1-2,6-9H2,(H,15,16)(H,17,18). The van der Waals surface area contributed by atoms with Crippen LogP contribution in [0.15, 0.2) is 18.2 Å². The zero-order valence-electron chi connectivity index (χ0n) is 11.1. The molecule has 0 radical (unpaired) electrons. The zero-order valence-corrected chi connectivity index (χ0v) is 11.1. The van der Waals surface area contributed by atoms with E-state index in [2.05, 4.69) is 5.32 Å². The van der Waals surface area contributed by atoms with Crippen molar-refractivity contribution in [2.75, 3.05) is 18.5 Å². The summed E-state index contributed by atoms with van der Waals surface area (Å²) in [5.74, 6) is 0.184. The molecule has 0 saturated carbocycles. The van der Waals surface area contributed by atoms with E-state index < -0.39 is 5.97 Å². The van der Waals surface area contributed by atoms with E-state index in [1.807, 2.05) is 0 Å². The monoisotopic (exact) mass is 279 g/mol. The maximum Gasteiger partial charge on any atom is 0.303 e. The first kappa shape index (κ1) is 14.2. The Hall–Kier alpha value is -2.24. The van der Waals surface area contributed by atoms with Crippen LogP contribution in [0.4, 0.5) is 5.69 Å². The molecule has 0 fully saturated rings. The number of nitrogens with one attached hydrogen (secondary N) is 1. The van der Waals surface area contributed by atoms with E-state index in [4.69, 9.17) is 14.6 Å². The van der Waals surface area contributed by atoms with Gasteiger partial charge in [0, 0.05) is 12.8 Å². The molecule has 1 aromatic rings. The first-order valence-corrected chi connectivity index (χ1v) is 6.57. The van der Waals surface area contributed by atoms with Crippen molar-refractivity contribution in [3.8, 4) is 11.5 Å². The van der Waals surface area contributed by atoms with Gasteiger partial charge < -0.3 is 19.9 Å². The van der Waals surface area contributed by atoms with E-state index in [-0.39, 0.29) is 18.7 Å². The summed E-state index contributed by atoms with van der Waals surface area (Å²) < 4.78 is 10.9. The van der Waals surface area contributed by atoms with Gasteiger partial charge in [-0.15, -0.1) is 0 Å². The molecule has 0 atom stereocenters. The molecule has 6 nitrogen and oxygen atoms in total. The Morgan fingerprint density at radius 3 is 2.70 bits per heavy atom. The van der Waals surface area contributed by atoms with Gasteiger partial charge in [0.1, 0.15) is 13.2 Å². The Kier molecular flexibility index (Phi) is 4.81. The van der Waals surface area contributed by atoms with Crippen molar-refractivity contribution >= 4 is 17.6 Å². The van der Waals surface area contributed by atoms with Crippen LogP contribution in [0.5, 0.6) is 11.5 Å². The van der Waals surface area contributed by atoms with Crippen molar-refractivity contribution in [3.63, 3.8) is 0 Å². The molecule has 0 saturated heterocycles. The van der Waals surface area contributed by atoms with Crippen molar-refractivity contribution in [3.05, 3.63) is 18.2 Å². The summed E-state index contributed by atoms with van der Waals surface area (Å²) in [7, 11) is 0. The summed E-state index contributed by atoms with van der Waals surface area (Å²) in [5.41, 5.74) is 0.588. The van der Waals surface area contributed by atoms with Crippen LogP contribution in [0.2, 0.25) is 0 Å². The number of unbranched alkanes of at least 4 members (excludes halogenated alkanes) is 1. The molecule has 0 aliphatic carbocycles. The van der Waals surface area contributed by atoms with Crippen molar-refractivity contribution in [1.29, 1.82) is 0 Å². The summed E-state index contributed by atoms with van der Waals surface area (Å²) in [6.07, 6.45) is 1.42. The third-order valence-corrected chi connectivity index (χ3v) is 2.88. The minimum atomic E-state index is -0.840. The molecule has 2 N–H and O–H groups in total. The van der Waals surface area contributed by atoms with E-state index in [9.17, 15) is 9.59 Å². The summed E-state index contributed by atoms with van der Waals surface area (Å²) in [6, 6.07) is 5.33. The molecule has 0 unspecified atom stereocenters. The highest BCUT2D eigenvalue weighted by Gasteiger charge is 2.16. The van der Waals surface area contributed by atoms with Crippen LogP contribution in [-0.2, 0) is 9.59 Å². The van der Waals surface area contributed by atoms with Crippen molar-refractivity contribution in [2.24, 2.45) is 0 Å². The van der Waals surface area contributed by atoms with Gasteiger partial charge >= 0.3 is 5.97 Å². The van der Waals surface area contributed by atoms with E-state index in [0.717, 1.165) is 0 Å². The quantitative estimate of drug-likeness (QED) is 0.778. The number of carbonyl (C=O) groups is 2. The highest BCUT2D eigenvalue weighted by Crippen LogP contribution is 2.37.